The predicted octanol–water partition coefficient (Wildman–Crippen LogP) is 0.876. The van der Waals surface area contributed by atoms with Crippen molar-refractivity contribution >= 4 is 0 Å². The highest BCUT2D eigenvalue weighted by Gasteiger charge is 2.88. The monoisotopic (exact) mass is 206 g/mol. The first-order chi connectivity index (χ1) is 6.97. The lowest BCUT2D eigenvalue weighted by Gasteiger charge is -2.55. The molecular weight excluding hydrogens is 188 g/mol. The van der Waals surface area contributed by atoms with Gasteiger partial charge in [-0.05, 0) is 67.6 Å². The third kappa shape index (κ3) is 0.484. The fourth-order valence-electron chi connectivity index (χ4n) is 7.39. The molecule has 0 aliphatic heterocycles. The van der Waals surface area contributed by atoms with Gasteiger partial charge in [0.25, 0.3) is 0 Å². The van der Waals surface area contributed by atoms with Crippen LogP contribution in [-0.2, 0) is 0 Å². The van der Waals surface area contributed by atoms with E-state index in [1.54, 1.807) is 0 Å². The molecule has 0 heterocycles. The minimum atomic E-state index is -0.450. The van der Waals surface area contributed by atoms with E-state index in [2.05, 4.69) is 13.8 Å². The highest BCUT2D eigenvalue weighted by atomic mass is 16.3. The number of aliphatic hydroxyl groups is 2. The van der Waals surface area contributed by atoms with Crippen LogP contribution in [0.15, 0.2) is 0 Å². The van der Waals surface area contributed by atoms with Crippen LogP contribution in [0.25, 0.3) is 0 Å². The summed E-state index contributed by atoms with van der Waals surface area (Å²) in [5, 5.41) is 21.4. The highest BCUT2D eigenvalue weighted by molar-refractivity contribution is 5.36. The van der Waals surface area contributed by atoms with Gasteiger partial charge in [-0.3, -0.25) is 0 Å². The molecule has 5 saturated carbocycles. The lowest BCUT2D eigenvalue weighted by atomic mass is 9.52. The van der Waals surface area contributed by atoms with Crippen molar-refractivity contribution in [3.8, 4) is 0 Å². The molecule has 0 saturated heterocycles. The van der Waals surface area contributed by atoms with Gasteiger partial charge < -0.3 is 10.2 Å². The Balaban J connectivity index is 1.83. The predicted molar refractivity (Wildman–Crippen MR) is 53.8 cm³/mol. The van der Waals surface area contributed by atoms with Crippen molar-refractivity contribution in [2.24, 2.45) is 47.3 Å². The Morgan fingerprint density at radius 2 is 1.20 bits per heavy atom. The SMILES string of the molecule is C[C@]1(O)[C@@H]2[C@@H]3[C@H]4C[C@H]5[C@@H]3[C@@H]2[C@@](C)(O)[C@H]5[C@H]41. The molecule has 0 aromatic heterocycles. The zero-order chi connectivity index (χ0) is 10.3. The second-order valence-electron chi connectivity index (χ2n) is 7.27. The molecule has 2 nitrogen and oxygen atoms in total. The maximum absolute atomic E-state index is 10.7. The average Bonchev–Trinajstić information content (AvgIpc) is 2.52. The molecule has 15 heavy (non-hydrogen) atoms. The summed E-state index contributed by atoms with van der Waals surface area (Å²) < 4.78 is 0. The summed E-state index contributed by atoms with van der Waals surface area (Å²) in [5.74, 6) is 4.78. The summed E-state index contributed by atoms with van der Waals surface area (Å²) in [6.45, 7) is 4.10. The summed E-state index contributed by atoms with van der Waals surface area (Å²) in [5.41, 5.74) is -0.899. The summed E-state index contributed by atoms with van der Waals surface area (Å²) >= 11 is 0. The minimum Gasteiger partial charge on any atom is -0.390 e. The minimum absolute atomic E-state index is 0.419. The van der Waals surface area contributed by atoms with Crippen LogP contribution in [-0.4, -0.2) is 21.4 Å². The molecule has 5 aliphatic carbocycles. The number of hydrogen-bond acceptors (Lipinski definition) is 2. The van der Waals surface area contributed by atoms with E-state index < -0.39 is 11.2 Å². The summed E-state index contributed by atoms with van der Waals surface area (Å²) in [4.78, 5) is 0. The molecular formula is C13H18O2. The Kier molecular flexibility index (Phi) is 0.918. The van der Waals surface area contributed by atoms with Crippen LogP contribution >= 0.6 is 0 Å². The van der Waals surface area contributed by atoms with Crippen molar-refractivity contribution in [3.05, 3.63) is 0 Å². The number of fused-ring (bicyclic) bond motifs is 2. The normalized spacial score (nSPS) is 85.6. The Morgan fingerprint density at radius 1 is 0.800 bits per heavy atom. The molecule has 2 heteroatoms. The van der Waals surface area contributed by atoms with E-state index in [0.29, 0.717) is 23.7 Å². The summed E-state index contributed by atoms with van der Waals surface area (Å²) in [6.07, 6.45) is 1.31. The van der Waals surface area contributed by atoms with Crippen molar-refractivity contribution in [1.82, 2.24) is 0 Å². The fraction of sp³-hybridized carbons (Fsp3) is 1.00. The van der Waals surface area contributed by atoms with Crippen molar-refractivity contribution < 1.29 is 10.2 Å². The quantitative estimate of drug-likeness (QED) is 0.617. The van der Waals surface area contributed by atoms with E-state index in [4.69, 9.17) is 0 Å². The van der Waals surface area contributed by atoms with E-state index in [0.717, 1.165) is 23.7 Å². The first-order valence-electron chi connectivity index (χ1n) is 6.42. The molecule has 2 bridgehead atoms. The van der Waals surface area contributed by atoms with Crippen molar-refractivity contribution in [2.45, 2.75) is 31.5 Å². The third-order valence-corrected chi connectivity index (χ3v) is 7.20. The highest BCUT2D eigenvalue weighted by Crippen LogP contribution is 2.87. The topological polar surface area (TPSA) is 40.5 Å². The maximum atomic E-state index is 10.7. The molecule has 0 amide bonds. The van der Waals surface area contributed by atoms with Crippen LogP contribution in [0.1, 0.15) is 20.3 Å². The first kappa shape index (κ1) is 8.08. The van der Waals surface area contributed by atoms with Gasteiger partial charge in [-0.25, -0.2) is 0 Å². The molecule has 5 aliphatic rings. The van der Waals surface area contributed by atoms with Gasteiger partial charge in [0, 0.05) is 0 Å². The third-order valence-electron chi connectivity index (χ3n) is 7.20. The van der Waals surface area contributed by atoms with Gasteiger partial charge in [0.05, 0.1) is 11.2 Å². The second kappa shape index (κ2) is 1.70. The van der Waals surface area contributed by atoms with E-state index in [1.807, 2.05) is 0 Å². The molecule has 0 unspecified atom stereocenters. The van der Waals surface area contributed by atoms with Crippen LogP contribution in [0.5, 0.6) is 0 Å². The zero-order valence-corrected chi connectivity index (χ0v) is 9.22. The molecule has 5 rings (SSSR count). The largest absolute Gasteiger partial charge is 0.390 e. The first-order valence-corrected chi connectivity index (χ1v) is 6.42. The lowest BCUT2D eigenvalue weighted by molar-refractivity contribution is -0.201. The van der Waals surface area contributed by atoms with Gasteiger partial charge >= 0.3 is 0 Å². The van der Waals surface area contributed by atoms with Crippen LogP contribution in [0, 0.1) is 47.3 Å². The summed E-state index contributed by atoms with van der Waals surface area (Å²) in [7, 11) is 0. The van der Waals surface area contributed by atoms with Gasteiger partial charge in [-0.1, -0.05) is 0 Å². The maximum Gasteiger partial charge on any atom is 0.0689 e. The van der Waals surface area contributed by atoms with Crippen molar-refractivity contribution in [2.75, 3.05) is 0 Å². The van der Waals surface area contributed by atoms with Crippen LogP contribution in [0.4, 0.5) is 0 Å². The number of hydrogen-bond donors (Lipinski definition) is 2. The molecule has 0 aromatic carbocycles. The Labute approximate surface area is 89.7 Å². The van der Waals surface area contributed by atoms with Gasteiger partial charge in [0.2, 0.25) is 0 Å². The Morgan fingerprint density at radius 3 is 1.60 bits per heavy atom. The van der Waals surface area contributed by atoms with Crippen LogP contribution in [0.3, 0.4) is 0 Å². The van der Waals surface area contributed by atoms with E-state index in [1.165, 1.54) is 6.42 Å². The zero-order valence-electron chi connectivity index (χ0n) is 9.22. The van der Waals surface area contributed by atoms with Gasteiger partial charge in [0.1, 0.15) is 0 Å². The fourth-order valence-corrected chi connectivity index (χ4v) is 7.39. The molecule has 2 N–H and O–H groups in total. The molecule has 5 fully saturated rings. The average molecular weight is 206 g/mol. The standard InChI is InChI=1S/C13H18O2/c1-12(14)8-4-3-5-7-6(4)10(12)11(7)13(2,15)9(5)8/h4-11,14-15H,3H2,1-2H3/t4-,5+,6-,7+,8+,9-,10-,11+,12-,13+. The second-order valence-corrected chi connectivity index (χ2v) is 7.27. The molecule has 82 valence electrons. The Hall–Kier alpha value is -0.0800. The molecule has 10 atom stereocenters. The number of rotatable bonds is 0. The molecule has 0 radical (unpaired) electrons. The van der Waals surface area contributed by atoms with E-state index in [9.17, 15) is 10.2 Å². The lowest BCUT2D eigenvalue weighted by Crippen LogP contribution is -2.62. The van der Waals surface area contributed by atoms with Gasteiger partial charge in [0.15, 0.2) is 0 Å². The van der Waals surface area contributed by atoms with Crippen LogP contribution < -0.4 is 0 Å². The molecule has 0 aromatic rings. The van der Waals surface area contributed by atoms with Gasteiger partial charge in [-0.15, -0.1) is 0 Å². The van der Waals surface area contributed by atoms with Crippen molar-refractivity contribution in [1.29, 1.82) is 0 Å². The summed E-state index contributed by atoms with van der Waals surface area (Å²) in [6, 6.07) is 0. The van der Waals surface area contributed by atoms with Crippen LogP contribution in [0.2, 0.25) is 0 Å². The molecule has 0 spiro atoms. The van der Waals surface area contributed by atoms with E-state index in [-0.39, 0.29) is 0 Å². The van der Waals surface area contributed by atoms with E-state index >= 15 is 0 Å². The van der Waals surface area contributed by atoms with Crippen molar-refractivity contribution in [3.63, 3.8) is 0 Å². The van der Waals surface area contributed by atoms with Gasteiger partial charge in [-0.2, -0.15) is 0 Å². The Bertz CT molecular complexity index is 346. The smallest absolute Gasteiger partial charge is 0.0689 e.